The van der Waals surface area contributed by atoms with E-state index in [0.29, 0.717) is 11.8 Å². The van der Waals surface area contributed by atoms with Crippen LogP contribution in [0.25, 0.3) is 0 Å². The van der Waals surface area contributed by atoms with Gasteiger partial charge in [-0.05, 0) is 24.3 Å². The van der Waals surface area contributed by atoms with Gasteiger partial charge in [0, 0.05) is 34.1 Å². The fraction of sp³-hybridized carbons (Fsp3) is 0.200. The molecule has 6 heteroatoms. The number of benzene rings is 2. The van der Waals surface area contributed by atoms with Crippen LogP contribution in [-0.4, -0.2) is 0 Å². The smallest absolute Gasteiger partial charge is 0.161 e. The van der Waals surface area contributed by atoms with E-state index in [9.17, 15) is 13.2 Å². The highest BCUT2D eigenvalue weighted by Gasteiger charge is 2.29. The van der Waals surface area contributed by atoms with Crippen molar-refractivity contribution < 1.29 is 17.9 Å². The zero-order valence-corrected chi connectivity index (χ0v) is 12.3. The van der Waals surface area contributed by atoms with Crippen molar-refractivity contribution in [3.63, 3.8) is 0 Å². The highest BCUT2D eigenvalue weighted by atomic mass is 79.9. The van der Waals surface area contributed by atoms with Crippen LogP contribution in [0.5, 0.6) is 5.75 Å². The van der Waals surface area contributed by atoms with Crippen molar-refractivity contribution in [1.82, 2.24) is 0 Å². The van der Waals surface area contributed by atoms with E-state index in [2.05, 4.69) is 15.9 Å². The van der Waals surface area contributed by atoms with Crippen LogP contribution in [-0.2, 0) is 0 Å². The van der Waals surface area contributed by atoms with Gasteiger partial charge in [0.1, 0.15) is 17.7 Å². The second-order valence-corrected chi connectivity index (χ2v) is 5.83. The molecule has 2 aromatic rings. The molecule has 0 amide bonds. The molecule has 3 rings (SSSR count). The Morgan fingerprint density at radius 3 is 2.48 bits per heavy atom. The van der Waals surface area contributed by atoms with Crippen molar-refractivity contribution >= 4 is 15.9 Å². The van der Waals surface area contributed by atoms with Gasteiger partial charge in [-0.15, -0.1) is 0 Å². The second kappa shape index (κ2) is 5.35. The van der Waals surface area contributed by atoms with E-state index in [0.717, 1.165) is 16.1 Å². The third kappa shape index (κ3) is 2.65. The van der Waals surface area contributed by atoms with Crippen LogP contribution in [0, 0.1) is 17.5 Å². The molecule has 0 spiro atoms. The highest BCUT2D eigenvalue weighted by Crippen LogP contribution is 2.41. The van der Waals surface area contributed by atoms with Gasteiger partial charge in [0.25, 0.3) is 0 Å². The molecule has 0 radical (unpaired) electrons. The first kappa shape index (κ1) is 14.4. The van der Waals surface area contributed by atoms with Gasteiger partial charge in [0.05, 0.1) is 0 Å². The summed E-state index contributed by atoms with van der Waals surface area (Å²) in [5.74, 6) is -2.65. The van der Waals surface area contributed by atoms with Gasteiger partial charge in [0.2, 0.25) is 0 Å². The minimum absolute atomic E-state index is 0.0297. The normalized spacial score (nSPS) is 20.8. The third-order valence-electron chi connectivity index (χ3n) is 3.50. The zero-order valence-electron chi connectivity index (χ0n) is 10.7. The Balaban J connectivity index is 1.99. The lowest BCUT2D eigenvalue weighted by Gasteiger charge is -2.31. The van der Waals surface area contributed by atoms with Crippen LogP contribution in [0.2, 0.25) is 0 Å². The largest absolute Gasteiger partial charge is 0.485 e. The van der Waals surface area contributed by atoms with E-state index in [1.165, 1.54) is 0 Å². The molecular formula is C15H11BrF3NO. The van der Waals surface area contributed by atoms with Gasteiger partial charge >= 0.3 is 0 Å². The summed E-state index contributed by atoms with van der Waals surface area (Å²) in [5, 5.41) is 0. The zero-order chi connectivity index (χ0) is 15.1. The minimum Gasteiger partial charge on any atom is -0.485 e. The second-order valence-electron chi connectivity index (χ2n) is 4.92. The fourth-order valence-corrected chi connectivity index (χ4v) is 2.83. The van der Waals surface area contributed by atoms with Gasteiger partial charge in [-0.3, -0.25) is 0 Å². The predicted octanol–water partition coefficient (Wildman–Crippen LogP) is 4.39. The standard InChI is InChI=1S/C15H11BrF3NO/c16-7-1-2-14-9(3-7)13(20)6-15(21-14)8-4-11(18)12(19)5-10(8)17/h1-5,13,15H,6,20H2/t13-,15?/m0/s1. The van der Waals surface area contributed by atoms with Crippen molar-refractivity contribution in [1.29, 1.82) is 0 Å². The molecule has 1 aliphatic rings. The van der Waals surface area contributed by atoms with Crippen LogP contribution in [0.3, 0.4) is 0 Å². The molecule has 0 fully saturated rings. The summed E-state index contributed by atoms with van der Waals surface area (Å²) < 4.78 is 46.7. The molecule has 0 bridgehead atoms. The summed E-state index contributed by atoms with van der Waals surface area (Å²) in [6.07, 6.45) is -0.463. The molecule has 1 heterocycles. The van der Waals surface area contributed by atoms with Gasteiger partial charge in [-0.1, -0.05) is 15.9 Å². The average molecular weight is 358 g/mol. The number of hydrogen-bond acceptors (Lipinski definition) is 2. The summed E-state index contributed by atoms with van der Waals surface area (Å²) in [6.45, 7) is 0. The van der Waals surface area contributed by atoms with E-state index in [4.69, 9.17) is 10.5 Å². The molecule has 1 unspecified atom stereocenters. The maximum absolute atomic E-state index is 13.8. The molecule has 0 saturated heterocycles. The summed E-state index contributed by atoms with van der Waals surface area (Å²) >= 11 is 3.34. The molecule has 0 aromatic heterocycles. The van der Waals surface area contributed by atoms with Gasteiger partial charge in [0.15, 0.2) is 11.6 Å². The fourth-order valence-electron chi connectivity index (χ4n) is 2.45. The molecule has 0 aliphatic carbocycles. The summed E-state index contributed by atoms with van der Waals surface area (Å²) in [6, 6.07) is 6.29. The SMILES string of the molecule is N[C@H]1CC(c2cc(F)c(F)cc2F)Oc2ccc(Br)cc21. The Morgan fingerprint density at radius 2 is 1.71 bits per heavy atom. The molecule has 110 valence electrons. The van der Waals surface area contributed by atoms with E-state index in [-0.39, 0.29) is 18.0 Å². The monoisotopic (exact) mass is 357 g/mol. The van der Waals surface area contributed by atoms with Crippen LogP contribution < -0.4 is 10.5 Å². The quantitative estimate of drug-likeness (QED) is 0.768. The topological polar surface area (TPSA) is 35.2 Å². The molecule has 1 aliphatic heterocycles. The Bertz CT molecular complexity index is 708. The van der Waals surface area contributed by atoms with Crippen LogP contribution in [0.15, 0.2) is 34.8 Å². The van der Waals surface area contributed by atoms with Crippen LogP contribution in [0.1, 0.15) is 29.7 Å². The molecule has 2 atom stereocenters. The predicted molar refractivity (Wildman–Crippen MR) is 75.4 cm³/mol. The Kier molecular flexibility index (Phi) is 3.67. The average Bonchev–Trinajstić information content (AvgIpc) is 2.43. The number of fused-ring (bicyclic) bond motifs is 1. The molecule has 2 aromatic carbocycles. The first-order valence-electron chi connectivity index (χ1n) is 6.32. The van der Waals surface area contributed by atoms with Crippen molar-refractivity contribution in [2.75, 3.05) is 0 Å². The molecule has 21 heavy (non-hydrogen) atoms. The molecular weight excluding hydrogens is 347 g/mol. The molecule has 2 N–H and O–H groups in total. The van der Waals surface area contributed by atoms with Gasteiger partial charge in [-0.2, -0.15) is 0 Å². The van der Waals surface area contributed by atoms with Crippen molar-refractivity contribution in [3.8, 4) is 5.75 Å². The lowest BCUT2D eigenvalue weighted by atomic mass is 9.93. The first-order valence-corrected chi connectivity index (χ1v) is 7.11. The maximum Gasteiger partial charge on any atom is 0.161 e. The number of nitrogens with two attached hydrogens (primary N) is 1. The highest BCUT2D eigenvalue weighted by molar-refractivity contribution is 9.10. The number of ether oxygens (including phenoxy) is 1. The molecule has 2 nitrogen and oxygen atoms in total. The number of hydrogen-bond donors (Lipinski definition) is 1. The van der Waals surface area contributed by atoms with Gasteiger partial charge in [-0.25, -0.2) is 13.2 Å². The summed E-state index contributed by atoms with van der Waals surface area (Å²) in [5.41, 5.74) is 6.84. The Hall–Kier alpha value is -1.53. The number of halogens is 4. The van der Waals surface area contributed by atoms with Crippen molar-refractivity contribution in [2.45, 2.75) is 18.6 Å². The lowest BCUT2D eigenvalue weighted by molar-refractivity contribution is 0.156. The Labute approximate surface area is 127 Å². The molecule has 0 saturated carbocycles. The lowest BCUT2D eigenvalue weighted by Crippen LogP contribution is -2.25. The Morgan fingerprint density at radius 1 is 1.00 bits per heavy atom. The van der Waals surface area contributed by atoms with Gasteiger partial charge < -0.3 is 10.5 Å². The third-order valence-corrected chi connectivity index (χ3v) is 3.99. The number of rotatable bonds is 1. The summed E-state index contributed by atoms with van der Waals surface area (Å²) in [7, 11) is 0. The van der Waals surface area contributed by atoms with E-state index in [1.54, 1.807) is 12.1 Å². The van der Waals surface area contributed by atoms with E-state index < -0.39 is 23.6 Å². The maximum atomic E-state index is 13.8. The van der Waals surface area contributed by atoms with Crippen LogP contribution >= 0.6 is 15.9 Å². The minimum atomic E-state index is -1.22. The van der Waals surface area contributed by atoms with Crippen molar-refractivity contribution in [3.05, 3.63) is 63.4 Å². The van der Waals surface area contributed by atoms with Crippen LogP contribution in [0.4, 0.5) is 13.2 Å². The van der Waals surface area contributed by atoms with E-state index >= 15 is 0 Å². The summed E-state index contributed by atoms with van der Waals surface area (Å²) in [4.78, 5) is 0. The van der Waals surface area contributed by atoms with E-state index in [1.807, 2.05) is 6.07 Å². The first-order chi connectivity index (χ1) is 9.95. The van der Waals surface area contributed by atoms with Crippen molar-refractivity contribution in [2.24, 2.45) is 5.73 Å².